The summed E-state index contributed by atoms with van der Waals surface area (Å²) >= 11 is 0. The molecule has 0 aromatic carbocycles. The molecule has 0 aliphatic heterocycles. The van der Waals surface area contributed by atoms with Gasteiger partial charge >= 0.3 is 43.8 Å². The molecule has 0 fully saturated rings. The zero-order valence-electron chi connectivity index (χ0n) is 6.98. The molecule has 0 rings (SSSR count). The summed E-state index contributed by atoms with van der Waals surface area (Å²) in [5.41, 5.74) is 6.08. The third kappa shape index (κ3) is 121. The number of hydrogen-bond acceptors (Lipinski definition) is 4. The second-order valence-electron chi connectivity index (χ2n) is 0.746. The van der Waals surface area contributed by atoms with Crippen molar-refractivity contribution in [3.63, 3.8) is 0 Å². The summed E-state index contributed by atoms with van der Waals surface area (Å²) in [6, 6.07) is -0.718. The molecule has 0 radical (unpaired) electrons. The van der Waals surface area contributed by atoms with Crippen LogP contribution in [0.3, 0.4) is 0 Å². The van der Waals surface area contributed by atoms with Gasteiger partial charge in [0.05, 0.1) is 0 Å². The first-order chi connectivity index (χ1) is 4.00. The molecule has 9 heteroatoms. The number of primary amides is 1. The monoisotopic (exact) mass is 180 g/mol. The number of urea groups is 1. The molecule has 0 aromatic rings. The Balaban J connectivity index is -0.0000000221. The molecule has 0 unspecified atom stereocenters. The maximum atomic E-state index is 9.35. The van der Waals surface area contributed by atoms with Gasteiger partial charge in [0.2, 0.25) is 0 Å². The predicted molar refractivity (Wildman–Crippen MR) is 33.7 cm³/mol. The van der Waals surface area contributed by atoms with Crippen LogP contribution in [0.4, 0.5) is 4.79 Å². The van der Waals surface area contributed by atoms with Crippen LogP contribution in [0.25, 0.3) is 0 Å². The van der Waals surface area contributed by atoms with E-state index in [0.717, 1.165) is 0 Å². The van der Waals surface area contributed by atoms with Gasteiger partial charge in [-0.1, -0.05) is 0 Å². The minimum Gasteiger partial charge on any atom is -1.00 e. The van der Waals surface area contributed by atoms with E-state index in [4.69, 9.17) is 15.3 Å². The predicted octanol–water partition coefficient (Wildman–Crippen LogP) is -1.98. The normalized spacial score (nSPS) is 5.70. The second-order valence-corrected chi connectivity index (χ2v) is 0.746. The van der Waals surface area contributed by atoms with E-state index < -0.39 is 11.1 Å². The number of rotatable bonds is 0. The maximum absolute atomic E-state index is 9.35. The number of nitrogens with zero attached hydrogens (tertiary/aromatic N) is 1. The average molecular weight is 180 g/mol. The number of carbonyl (C=O) groups excluding carboxylic acids is 1. The van der Waals surface area contributed by atoms with Gasteiger partial charge in [-0.05, 0) is 0 Å². The average Bonchev–Trinajstić information content (AvgIpc) is 1.65. The van der Waals surface area contributed by atoms with Crippen molar-refractivity contribution in [1.29, 1.82) is 0 Å². The van der Waals surface area contributed by atoms with E-state index in [1.54, 1.807) is 5.43 Å². The van der Waals surface area contributed by atoms with Crippen molar-refractivity contribution in [3.05, 3.63) is 10.1 Å². The first-order valence-electron chi connectivity index (χ1n) is 1.60. The van der Waals surface area contributed by atoms with E-state index in [0.29, 0.717) is 0 Å². The second kappa shape index (κ2) is 11.5. The molecule has 10 heavy (non-hydrogen) atoms. The van der Waals surface area contributed by atoms with Gasteiger partial charge in [-0.25, -0.2) is 10.6 Å². The van der Waals surface area contributed by atoms with Crippen molar-refractivity contribution in [2.45, 2.75) is 0 Å². The Hall–Kier alpha value is -0.310. The van der Waals surface area contributed by atoms with E-state index >= 15 is 0 Å². The van der Waals surface area contributed by atoms with Crippen LogP contribution in [0.2, 0.25) is 0 Å². The first kappa shape index (κ1) is 16.3. The quantitative estimate of drug-likeness (QED) is 0.112. The summed E-state index contributed by atoms with van der Waals surface area (Å²) < 4.78 is 0. The molecule has 6 N–H and O–H groups in total. The largest absolute Gasteiger partial charge is 2.00 e. The van der Waals surface area contributed by atoms with Gasteiger partial charge in [0.1, 0.15) is 0 Å². The zero-order valence-corrected chi connectivity index (χ0v) is 7.19. The molecule has 0 saturated carbocycles. The smallest absolute Gasteiger partial charge is 1.00 e. The van der Waals surface area contributed by atoms with Gasteiger partial charge in [0.25, 0.3) is 5.09 Å². The van der Waals surface area contributed by atoms with Crippen LogP contribution in [0.15, 0.2) is 0 Å². The Labute approximate surface area is 88.6 Å². The van der Waals surface area contributed by atoms with E-state index in [2.05, 4.69) is 11.6 Å². The van der Waals surface area contributed by atoms with E-state index in [-0.39, 0.29) is 40.6 Å². The standard InChI is InChI=1S/CH5N3O.Ca.HNO3.2H/c2-1(5)4-3;;2-1(3)4;;/h3H2,(H3,2,4,5);;(H,2,3,4);;/q;+2;;2*-1. The molecule has 0 aliphatic carbocycles. The maximum Gasteiger partial charge on any atom is 2.00 e. The third-order valence-corrected chi connectivity index (χ3v) is 0.142. The Bertz CT molecular complexity index is 109. The van der Waals surface area contributed by atoms with Crippen molar-refractivity contribution in [1.82, 2.24) is 5.43 Å². The van der Waals surface area contributed by atoms with Crippen LogP contribution < -0.4 is 17.0 Å². The van der Waals surface area contributed by atoms with E-state index in [1.165, 1.54) is 0 Å². The van der Waals surface area contributed by atoms with Crippen molar-refractivity contribution in [2.75, 3.05) is 0 Å². The topological polar surface area (TPSA) is 145 Å². The molecular formula is CH8CaN4O4. The van der Waals surface area contributed by atoms with Crippen LogP contribution in [0, 0.1) is 10.1 Å². The fourth-order valence-corrected chi connectivity index (χ4v) is 0. The molecule has 0 heterocycles. The van der Waals surface area contributed by atoms with Crippen LogP contribution in [0.1, 0.15) is 2.85 Å². The van der Waals surface area contributed by atoms with Gasteiger partial charge in [-0.15, -0.1) is 10.1 Å². The minimum atomic E-state index is -1.50. The molecule has 0 aromatic heterocycles. The van der Waals surface area contributed by atoms with Crippen molar-refractivity contribution in [2.24, 2.45) is 11.6 Å². The van der Waals surface area contributed by atoms with Gasteiger partial charge in [-0.2, -0.15) is 0 Å². The number of nitrogens with one attached hydrogen (secondary N) is 1. The van der Waals surface area contributed by atoms with Crippen LogP contribution in [-0.4, -0.2) is 54.1 Å². The summed E-state index contributed by atoms with van der Waals surface area (Å²) in [4.78, 5) is 17.7. The zero-order chi connectivity index (χ0) is 7.86. The summed E-state index contributed by atoms with van der Waals surface area (Å²) in [5, 5.41) is 13.6. The first-order valence-corrected chi connectivity index (χ1v) is 1.60. The molecule has 8 nitrogen and oxygen atoms in total. The van der Waals surface area contributed by atoms with Gasteiger partial charge in [0.15, 0.2) is 0 Å². The van der Waals surface area contributed by atoms with Crippen molar-refractivity contribution in [3.8, 4) is 0 Å². The molecule has 2 amide bonds. The number of carbonyl (C=O) groups is 1. The Morgan fingerprint density at radius 2 is 1.90 bits per heavy atom. The SMILES string of the molecule is NNC(N)=O.O=[N+]([O-])O.[Ca+2].[H-].[H-]. The van der Waals surface area contributed by atoms with Crippen LogP contribution >= 0.6 is 0 Å². The number of amides is 2. The molecule has 0 saturated heterocycles. The number of hydrogen-bond donors (Lipinski definition) is 4. The molecular weight excluding hydrogens is 172 g/mol. The molecule has 0 bridgehead atoms. The van der Waals surface area contributed by atoms with E-state index in [9.17, 15) is 4.79 Å². The summed E-state index contributed by atoms with van der Waals surface area (Å²) in [6.45, 7) is 0. The Morgan fingerprint density at radius 1 is 1.80 bits per heavy atom. The fourth-order valence-electron chi connectivity index (χ4n) is 0. The third-order valence-electron chi connectivity index (χ3n) is 0.142. The van der Waals surface area contributed by atoms with Crippen molar-refractivity contribution < 1.29 is 17.9 Å². The van der Waals surface area contributed by atoms with Gasteiger partial charge < -0.3 is 13.8 Å². The number of nitrogens with two attached hydrogens (primary N) is 2. The molecule has 0 aliphatic rings. The Morgan fingerprint density at radius 3 is 1.90 bits per heavy atom. The van der Waals surface area contributed by atoms with Crippen molar-refractivity contribution >= 4 is 43.8 Å². The molecule has 0 atom stereocenters. The Kier molecular flexibility index (Phi) is 18.8. The summed E-state index contributed by atoms with van der Waals surface area (Å²) in [7, 11) is 0. The van der Waals surface area contributed by atoms with Crippen LogP contribution in [0.5, 0.6) is 0 Å². The number of hydrazine groups is 1. The molecule has 0 spiro atoms. The summed E-state index contributed by atoms with van der Waals surface area (Å²) in [5.74, 6) is 4.45. The van der Waals surface area contributed by atoms with Gasteiger partial charge in [-0.3, -0.25) is 5.43 Å². The minimum absolute atomic E-state index is 0. The molecule has 58 valence electrons. The van der Waals surface area contributed by atoms with Crippen LogP contribution in [-0.2, 0) is 0 Å². The summed E-state index contributed by atoms with van der Waals surface area (Å²) in [6.07, 6.45) is 0. The van der Waals surface area contributed by atoms with Gasteiger partial charge in [0, 0.05) is 0 Å². The fraction of sp³-hybridized carbons (Fsp3) is 0. The van der Waals surface area contributed by atoms with E-state index in [1.807, 2.05) is 0 Å².